The van der Waals surface area contributed by atoms with Crippen molar-refractivity contribution in [1.29, 1.82) is 5.26 Å². The number of nitrogens with one attached hydrogen (secondary N) is 1. The van der Waals surface area contributed by atoms with Gasteiger partial charge in [-0.15, -0.1) is 0 Å². The summed E-state index contributed by atoms with van der Waals surface area (Å²) in [6.07, 6.45) is 4.46. The van der Waals surface area contributed by atoms with Crippen molar-refractivity contribution in [3.63, 3.8) is 0 Å². The quantitative estimate of drug-likeness (QED) is 0.243. The largest absolute Gasteiger partial charge is 0.359 e. The molecule has 0 atom stereocenters. The first kappa shape index (κ1) is 26.3. The van der Waals surface area contributed by atoms with E-state index in [2.05, 4.69) is 95.7 Å². The predicted molar refractivity (Wildman–Crippen MR) is 164 cm³/mol. The molecular weight excluding hydrogens is 504 g/mol. The third-order valence-corrected chi connectivity index (χ3v) is 8.07. The molecule has 6 rings (SSSR count). The van der Waals surface area contributed by atoms with Gasteiger partial charge in [0.2, 0.25) is 5.91 Å². The highest BCUT2D eigenvalue weighted by Gasteiger charge is 2.20. The maximum Gasteiger partial charge on any atom is 0.220 e. The van der Waals surface area contributed by atoms with Gasteiger partial charge in [0.15, 0.2) is 0 Å². The van der Waals surface area contributed by atoms with E-state index < -0.39 is 0 Å². The average Bonchev–Trinajstić information content (AvgIpc) is 3.27. The lowest BCUT2D eigenvalue weighted by Gasteiger charge is -2.14. The topological polar surface area (TPSA) is 70.7 Å². The van der Waals surface area contributed by atoms with Gasteiger partial charge in [0.05, 0.1) is 17.1 Å². The minimum atomic E-state index is 0.00621. The van der Waals surface area contributed by atoms with Crippen molar-refractivity contribution in [1.82, 2.24) is 14.9 Å². The lowest BCUT2D eigenvalue weighted by atomic mass is 9.93. The molecule has 5 nitrogen and oxygen atoms in total. The highest BCUT2D eigenvalue weighted by Crippen LogP contribution is 2.35. The second-order valence-electron chi connectivity index (χ2n) is 10.7. The zero-order valence-electron chi connectivity index (χ0n) is 23.4. The van der Waals surface area contributed by atoms with Gasteiger partial charge >= 0.3 is 0 Å². The maximum absolute atomic E-state index is 12.2. The molecule has 0 fully saturated rings. The number of carbonyl (C=O) groups excluding carboxylic acids is 1. The zero-order chi connectivity index (χ0) is 28.3. The second-order valence-corrected chi connectivity index (χ2v) is 10.7. The summed E-state index contributed by atoms with van der Waals surface area (Å²) < 4.78 is 2.27. The smallest absolute Gasteiger partial charge is 0.220 e. The Morgan fingerprint density at radius 3 is 2.51 bits per heavy atom. The Hall–Kier alpha value is -4.95. The lowest BCUT2D eigenvalue weighted by Crippen LogP contribution is -2.19. The van der Waals surface area contributed by atoms with Crippen LogP contribution in [0.5, 0.6) is 0 Å². The number of benzene rings is 4. The SMILES string of the molecule is CNC(=O)CCc1nc2c(C)cc(-c3ccccc3)cc2n1Cc1ccc2c(c1)CCc1ccccc1/C2=C\C#N. The molecule has 0 radical (unpaired) electrons. The Morgan fingerprint density at radius 2 is 1.71 bits per heavy atom. The van der Waals surface area contributed by atoms with E-state index in [9.17, 15) is 10.1 Å². The number of carbonyl (C=O) groups is 1. The minimum Gasteiger partial charge on any atom is -0.359 e. The molecule has 0 saturated heterocycles. The molecule has 4 aromatic carbocycles. The van der Waals surface area contributed by atoms with E-state index in [1.54, 1.807) is 13.1 Å². The molecule has 1 aliphatic rings. The van der Waals surface area contributed by atoms with Crippen LogP contribution in [0.3, 0.4) is 0 Å². The van der Waals surface area contributed by atoms with Gasteiger partial charge in [-0.2, -0.15) is 5.26 Å². The number of imidazole rings is 1. The van der Waals surface area contributed by atoms with Gasteiger partial charge in [0.1, 0.15) is 5.82 Å². The second kappa shape index (κ2) is 11.3. The number of aromatic nitrogens is 2. The normalized spacial score (nSPS) is 13.3. The molecule has 1 amide bonds. The Bertz CT molecular complexity index is 1840. The first-order valence-electron chi connectivity index (χ1n) is 14.1. The van der Waals surface area contributed by atoms with Crippen LogP contribution in [0.2, 0.25) is 0 Å². The van der Waals surface area contributed by atoms with E-state index in [4.69, 9.17) is 4.98 Å². The highest BCUT2D eigenvalue weighted by molar-refractivity contribution is 5.87. The van der Waals surface area contributed by atoms with Crippen LogP contribution >= 0.6 is 0 Å². The van der Waals surface area contributed by atoms with Crippen molar-refractivity contribution in [3.05, 3.63) is 130 Å². The number of hydrogen-bond acceptors (Lipinski definition) is 3. The van der Waals surface area contributed by atoms with Gasteiger partial charge in [0, 0.05) is 32.5 Å². The van der Waals surface area contributed by atoms with E-state index in [1.807, 2.05) is 12.1 Å². The van der Waals surface area contributed by atoms with Crippen molar-refractivity contribution < 1.29 is 4.79 Å². The minimum absolute atomic E-state index is 0.00621. The summed E-state index contributed by atoms with van der Waals surface area (Å²) in [6.45, 7) is 2.76. The molecule has 1 aromatic heterocycles. The van der Waals surface area contributed by atoms with Crippen LogP contribution in [-0.2, 0) is 30.6 Å². The fraction of sp³-hybridized carbons (Fsp3) is 0.194. The van der Waals surface area contributed by atoms with E-state index >= 15 is 0 Å². The Balaban J connectivity index is 1.44. The monoisotopic (exact) mass is 536 g/mol. The number of hydrogen-bond donors (Lipinski definition) is 1. The molecule has 0 bridgehead atoms. The van der Waals surface area contributed by atoms with E-state index in [-0.39, 0.29) is 5.91 Å². The fourth-order valence-electron chi connectivity index (χ4n) is 5.99. The van der Waals surface area contributed by atoms with Gasteiger partial charge in [-0.05, 0) is 82.0 Å². The number of rotatable bonds is 6. The number of aryl methyl sites for hydroxylation is 4. The van der Waals surface area contributed by atoms with Crippen molar-refractivity contribution >= 4 is 22.5 Å². The molecule has 0 spiro atoms. The van der Waals surface area contributed by atoms with Crippen LogP contribution < -0.4 is 5.32 Å². The summed E-state index contributed by atoms with van der Waals surface area (Å²) in [5.41, 5.74) is 12.4. The molecule has 1 aliphatic carbocycles. The van der Waals surface area contributed by atoms with Crippen LogP contribution in [0, 0.1) is 18.3 Å². The van der Waals surface area contributed by atoms with Crippen LogP contribution in [-0.4, -0.2) is 22.5 Å². The molecule has 0 saturated carbocycles. The molecule has 0 unspecified atom stereocenters. The number of nitrogens with zero attached hydrogens (tertiary/aromatic N) is 3. The molecule has 41 heavy (non-hydrogen) atoms. The van der Waals surface area contributed by atoms with Crippen LogP contribution in [0.15, 0.2) is 91.0 Å². The number of allylic oxidation sites excluding steroid dienone is 1. The summed E-state index contributed by atoms with van der Waals surface area (Å²) in [5, 5.41) is 12.3. The third kappa shape index (κ3) is 5.17. The van der Waals surface area contributed by atoms with Gasteiger partial charge < -0.3 is 9.88 Å². The molecule has 0 aliphatic heterocycles. The molecule has 5 heteroatoms. The molecular formula is C36H32N4O. The first-order valence-corrected chi connectivity index (χ1v) is 14.1. The number of fused-ring (bicyclic) bond motifs is 3. The van der Waals surface area contributed by atoms with Crippen LogP contribution in [0.25, 0.3) is 27.7 Å². The highest BCUT2D eigenvalue weighted by atomic mass is 16.1. The fourth-order valence-corrected chi connectivity index (χ4v) is 5.99. The van der Waals surface area contributed by atoms with E-state index in [0.29, 0.717) is 19.4 Å². The summed E-state index contributed by atoms with van der Waals surface area (Å²) in [5.74, 6) is 0.913. The molecule has 5 aromatic rings. The summed E-state index contributed by atoms with van der Waals surface area (Å²) in [4.78, 5) is 17.2. The van der Waals surface area contributed by atoms with Crippen molar-refractivity contribution in [2.45, 2.75) is 39.2 Å². The first-order chi connectivity index (χ1) is 20.1. The van der Waals surface area contributed by atoms with Crippen molar-refractivity contribution in [2.75, 3.05) is 7.05 Å². The van der Waals surface area contributed by atoms with E-state index in [0.717, 1.165) is 57.5 Å². The van der Waals surface area contributed by atoms with Crippen molar-refractivity contribution in [3.8, 4) is 17.2 Å². The Morgan fingerprint density at radius 1 is 0.951 bits per heavy atom. The summed E-state index contributed by atoms with van der Waals surface area (Å²) in [7, 11) is 1.67. The van der Waals surface area contributed by atoms with Gasteiger partial charge in [-0.3, -0.25) is 4.79 Å². The average molecular weight is 537 g/mol. The lowest BCUT2D eigenvalue weighted by molar-refractivity contribution is -0.120. The standard InChI is InChI=1S/C36H32N4O/c1-24-20-29(26-8-4-3-5-9-26)22-33-36(24)39-34(16-17-35(41)38-2)40(33)23-25-12-15-31-28(21-25)14-13-27-10-6-7-11-30(27)32(31)18-19-37/h3-12,15,18,20-22H,13-14,16-17,23H2,1-2H3,(H,38,41)/b32-18+. The van der Waals surface area contributed by atoms with Gasteiger partial charge in [-0.25, -0.2) is 4.98 Å². The van der Waals surface area contributed by atoms with Gasteiger partial charge in [0.25, 0.3) is 0 Å². The predicted octanol–water partition coefficient (Wildman–Crippen LogP) is 6.79. The summed E-state index contributed by atoms with van der Waals surface area (Å²) in [6, 6.07) is 32.1. The Kier molecular flexibility index (Phi) is 7.22. The molecule has 1 N–H and O–H groups in total. The maximum atomic E-state index is 12.2. The van der Waals surface area contributed by atoms with Crippen LogP contribution in [0.4, 0.5) is 0 Å². The molecule has 1 heterocycles. The van der Waals surface area contributed by atoms with E-state index in [1.165, 1.54) is 22.3 Å². The van der Waals surface area contributed by atoms with Crippen LogP contribution in [0.1, 0.15) is 45.6 Å². The molecule has 202 valence electrons. The zero-order valence-corrected chi connectivity index (χ0v) is 23.4. The number of amides is 1. The summed E-state index contributed by atoms with van der Waals surface area (Å²) >= 11 is 0. The third-order valence-electron chi connectivity index (χ3n) is 8.07. The van der Waals surface area contributed by atoms with Gasteiger partial charge in [-0.1, -0.05) is 72.8 Å². The number of nitriles is 1. The van der Waals surface area contributed by atoms with Crippen molar-refractivity contribution in [2.24, 2.45) is 0 Å². The Labute approximate surface area is 240 Å².